The topological polar surface area (TPSA) is 471 Å². The molecule has 1 heterocycles. The van der Waals surface area contributed by atoms with Crippen LogP contribution >= 0.6 is 23.2 Å². The number of imide groups is 1. The van der Waals surface area contributed by atoms with Gasteiger partial charge in [0.05, 0.1) is 358 Å². The van der Waals surface area contributed by atoms with E-state index in [1.54, 1.807) is 63.2 Å². The SMILES string of the molecule is COS(=O)(=O)C1CC(=O)N(OC(=O)CCC(=O)NCCOCCOCCOCCOCCOCCOCCOCCOCCOCCOCCOCCOCCOCCOCCOCCOCCOCCOCCOCCOCCOCCOCCOCCOCCC(=O)NCCC2(C(=O)N[C@@H](Cc3ccc(NC(=O)c4c(Cl)cccc4Cl)cc3)C(=O)OC(C)(C)C)CCCC2)C1=O. The van der Waals surface area contributed by atoms with E-state index in [2.05, 4.69) is 30.3 Å². The van der Waals surface area contributed by atoms with E-state index < -0.39 is 80.8 Å². The van der Waals surface area contributed by atoms with Crippen LogP contribution in [0.1, 0.15) is 94.5 Å². The predicted octanol–water partition coefficient (Wildman–Crippen LogP) is 3.93. The van der Waals surface area contributed by atoms with Crippen molar-refractivity contribution >= 4 is 86.4 Å². The van der Waals surface area contributed by atoms with Crippen molar-refractivity contribution in [1.82, 2.24) is 21.0 Å². The van der Waals surface area contributed by atoms with Crippen LogP contribution in [-0.2, 0) is 178 Å². The summed E-state index contributed by atoms with van der Waals surface area (Å²) in [6, 6.07) is 10.7. The van der Waals surface area contributed by atoms with Crippen molar-refractivity contribution in [2.24, 2.45) is 5.41 Å². The van der Waals surface area contributed by atoms with Crippen LogP contribution in [0.2, 0.25) is 10.0 Å². The molecule has 4 rings (SSSR count). The number of nitrogens with one attached hydrogen (secondary N) is 4. The number of esters is 1. The van der Waals surface area contributed by atoms with E-state index in [1.165, 1.54) is 0 Å². The molecule has 42 nitrogen and oxygen atoms in total. The third-order valence-electron chi connectivity index (χ3n) is 18.8. The average molecular weight is 1970 g/mol. The highest BCUT2D eigenvalue weighted by Gasteiger charge is 2.49. The largest absolute Gasteiger partial charge is 0.458 e. The summed E-state index contributed by atoms with van der Waals surface area (Å²) in [6.45, 7) is 25.6. The number of hydrogen-bond acceptors (Lipinski definition) is 37. The van der Waals surface area contributed by atoms with Crippen LogP contribution < -0.4 is 21.3 Å². The van der Waals surface area contributed by atoms with Gasteiger partial charge in [-0.25, -0.2) is 9.59 Å². The van der Waals surface area contributed by atoms with Crippen molar-refractivity contribution < 1.29 is 174 Å². The summed E-state index contributed by atoms with van der Waals surface area (Å²) in [5.41, 5.74) is -0.180. The van der Waals surface area contributed by atoms with Crippen LogP contribution in [0.5, 0.6) is 0 Å². The lowest BCUT2D eigenvalue weighted by molar-refractivity contribution is -0.197. The van der Waals surface area contributed by atoms with Gasteiger partial charge in [0.2, 0.25) is 17.7 Å². The number of anilines is 1. The summed E-state index contributed by atoms with van der Waals surface area (Å²) in [4.78, 5) is 106. The zero-order valence-corrected chi connectivity index (χ0v) is 80.2. The first-order valence-corrected chi connectivity index (χ1v) is 47.5. The number of amides is 6. The first kappa shape index (κ1) is 119. The summed E-state index contributed by atoms with van der Waals surface area (Å²) in [6.07, 6.45) is 2.17. The summed E-state index contributed by atoms with van der Waals surface area (Å²) >= 11 is 12.5. The second-order valence-electron chi connectivity index (χ2n) is 30.2. The Morgan fingerprint density at radius 3 is 1.05 bits per heavy atom. The van der Waals surface area contributed by atoms with E-state index in [-0.39, 0.29) is 84.7 Å². The van der Waals surface area contributed by atoms with Gasteiger partial charge in [0, 0.05) is 38.0 Å². The number of carbonyl (C=O) groups is 8. The average Bonchev–Trinajstić information content (AvgIpc) is 1.66. The molecule has 0 bridgehead atoms. The molecule has 1 aliphatic carbocycles. The van der Waals surface area contributed by atoms with E-state index in [0.29, 0.717) is 322 Å². The zero-order valence-electron chi connectivity index (χ0n) is 77.8. The molecule has 0 radical (unpaired) electrons. The van der Waals surface area contributed by atoms with Gasteiger partial charge in [-0.3, -0.25) is 33.0 Å². The molecule has 1 aliphatic heterocycles. The van der Waals surface area contributed by atoms with Gasteiger partial charge >= 0.3 is 11.9 Å². The van der Waals surface area contributed by atoms with Gasteiger partial charge < -0.3 is 145 Å². The molecule has 2 aromatic rings. The summed E-state index contributed by atoms with van der Waals surface area (Å²) in [5, 5.41) is 10.00. The molecule has 1 saturated carbocycles. The van der Waals surface area contributed by atoms with Gasteiger partial charge in [-0.2, -0.15) is 8.42 Å². The Labute approximate surface area is 791 Å². The minimum atomic E-state index is -4.34. The Hall–Kier alpha value is -6.07. The van der Waals surface area contributed by atoms with Gasteiger partial charge in [0.1, 0.15) is 11.6 Å². The highest BCUT2D eigenvalue weighted by molar-refractivity contribution is 7.88. The van der Waals surface area contributed by atoms with Gasteiger partial charge in [-0.1, -0.05) is 54.2 Å². The maximum Gasteiger partial charge on any atom is 0.333 e. The lowest BCUT2D eigenvalue weighted by Gasteiger charge is -2.31. The number of ether oxygens (including phenoxy) is 25. The summed E-state index contributed by atoms with van der Waals surface area (Å²) < 4.78 is 166. The Morgan fingerprint density at radius 2 is 0.729 bits per heavy atom. The molecule has 1 unspecified atom stereocenters. The molecule has 2 atom stereocenters. The molecule has 4 N–H and O–H groups in total. The third-order valence-corrected chi connectivity index (χ3v) is 21.0. The lowest BCUT2D eigenvalue weighted by atomic mass is 9.81. The van der Waals surface area contributed by atoms with Crippen LogP contribution in [-0.4, -0.2) is 415 Å². The Bertz CT molecular complexity index is 3470. The van der Waals surface area contributed by atoms with Gasteiger partial charge in [-0.05, 0) is 69.9 Å². The minimum absolute atomic E-state index is 0.0795. The maximum atomic E-state index is 14.1. The number of hydroxylamine groups is 2. The Morgan fingerprint density at radius 1 is 0.421 bits per heavy atom. The van der Waals surface area contributed by atoms with Crippen molar-refractivity contribution in [3.8, 4) is 0 Å². The highest BCUT2D eigenvalue weighted by atomic mass is 35.5. The van der Waals surface area contributed by atoms with Crippen molar-refractivity contribution in [1.29, 1.82) is 0 Å². The second-order valence-corrected chi connectivity index (χ2v) is 32.9. The molecule has 0 aromatic heterocycles. The van der Waals surface area contributed by atoms with E-state index >= 15 is 0 Å². The number of benzene rings is 2. The molecule has 0 spiro atoms. The molecular formula is C88H145Cl2N5O37S. The van der Waals surface area contributed by atoms with Crippen LogP contribution in [0.25, 0.3) is 0 Å². The number of carbonyl (C=O) groups excluding carboxylic acids is 8. The number of hydrogen-bond donors (Lipinski definition) is 4. The van der Waals surface area contributed by atoms with Crippen LogP contribution in [0.4, 0.5) is 5.69 Å². The molecule has 1 saturated heterocycles. The fourth-order valence-corrected chi connectivity index (χ4v) is 13.5. The predicted molar refractivity (Wildman–Crippen MR) is 480 cm³/mol. The summed E-state index contributed by atoms with van der Waals surface area (Å²) in [5.74, 6) is -5.31. The lowest BCUT2D eigenvalue weighted by Crippen LogP contribution is -2.51. The molecule has 45 heteroatoms. The minimum Gasteiger partial charge on any atom is -0.458 e. The van der Waals surface area contributed by atoms with E-state index in [9.17, 15) is 46.8 Å². The molecular weight excluding hydrogens is 1820 g/mol. The number of nitrogens with zero attached hydrogens (tertiary/aromatic N) is 1. The smallest absolute Gasteiger partial charge is 0.333 e. The van der Waals surface area contributed by atoms with Crippen molar-refractivity contribution in [2.75, 3.05) is 343 Å². The maximum absolute atomic E-state index is 14.1. The molecule has 133 heavy (non-hydrogen) atoms. The standard InChI is InChI=1S/C88H145Cl2N5O37S/c1-87(2,3)131-85(102)76(70-72-10-12-73(13-11-72)93-83(100)82-74(89)8-7-9-75(82)90)94-86(103)88(17-5-6-18-88)19-20-91-79(97)16-22-107-24-26-109-28-30-111-32-34-113-36-38-115-40-42-117-44-46-119-48-50-121-52-54-123-56-58-125-60-62-127-64-66-129-68-69-130-67-65-128-63-61-126-59-57-124-55-53-122-51-49-120-47-45-118-43-41-116-39-37-114-35-33-112-31-29-110-27-25-108-23-21-92-78(96)14-15-81(99)132-95-80(98)71-77(84(95)101)133(104,105)106-4/h7-13,76-77H,5-6,14-71H2,1-4H3,(H,91,97)(H,92,96)(H,93,100)(H,94,103)/t76-,77?/m0/s1. The van der Waals surface area contributed by atoms with Gasteiger partial charge in [-0.15, -0.1) is 5.06 Å². The molecule has 2 aliphatic rings. The van der Waals surface area contributed by atoms with Crippen molar-refractivity contribution in [3.63, 3.8) is 0 Å². The van der Waals surface area contributed by atoms with Crippen LogP contribution in [0.15, 0.2) is 42.5 Å². The van der Waals surface area contributed by atoms with Crippen LogP contribution in [0, 0.1) is 5.41 Å². The van der Waals surface area contributed by atoms with E-state index in [4.69, 9.17) is 142 Å². The fraction of sp³-hybridized carbons (Fsp3) is 0.773. The molecule has 6 amide bonds. The van der Waals surface area contributed by atoms with Crippen molar-refractivity contribution in [2.45, 2.75) is 102 Å². The van der Waals surface area contributed by atoms with Crippen LogP contribution in [0.3, 0.4) is 0 Å². The summed E-state index contributed by atoms with van der Waals surface area (Å²) in [7, 11) is -3.50. The monoisotopic (exact) mass is 1970 g/mol. The fourth-order valence-electron chi connectivity index (χ4n) is 12.0. The van der Waals surface area contributed by atoms with E-state index in [0.717, 1.165) is 25.5 Å². The molecule has 2 aromatic carbocycles. The first-order chi connectivity index (χ1) is 64.6. The van der Waals surface area contributed by atoms with Crippen molar-refractivity contribution in [3.05, 3.63) is 63.6 Å². The third kappa shape index (κ3) is 61.8. The van der Waals surface area contributed by atoms with Gasteiger partial charge in [0.15, 0.2) is 5.25 Å². The Balaban J connectivity index is 0.742. The number of rotatable bonds is 91. The first-order valence-electron chi connectivity index (χ1n) is 45.3. The Kier molecular flexibility index (Phi) is 70.6. The second kappa shape index (κ2) is 78.8. The zero-order chi connectivity index (χ0) is 96.0. The highest BCUT2D eigenvalue weighted by Crippen LogP contribution is 2.41. The number of halogens is 2. The van der Waals surface area contributed by atoms with Gasteiger partial charge in [0.25, 0.3) is 27.8 Å². The van der Waals surface area contributed by atoms with E-state index in [1.807, 2.05) is 0 Å². The normalized spacial score (nSPS) is 14.2. The quantitative estimate of drug-likeness (QED) is 0.0315. The molecule has 764 valence electrons. The molecule has 2 fully saturated rings.